The van der Waals surface area contributed by atoms with Gasteiger partial charge in [0.2, 0.25) is 0 Å². The van der Waals surface area contributed by atoms with Gasteiger partial charge in [-0.15, -0.1) is 0 Å². The van der Waals surface area contributed by atoms with Gasteiger partial charge in [0.05, 0.1) is 6.10 Å². The van der Waals surface area contributed by atoms with Crippen LogP contribution >= 0.6 is 0 Å². The predicted molar refractivity (Wildman–Crippen MR) is 76.5 cm³/mol. The van der Waals surface area contributed by atoms with Crippen LogP contribution in [0.2, 0.25) is 0 Å². The summed E-state index contributed by atoms with van der Waals surface area (Å²) in [6.07, 6.45) is 1.14. The van der Waals surface area contributed by atoms with E-state index >= 15 is 0 Å². The molecule has 2 unspecified atom stereocenters. The van der Waals surface area contributed by atoms with Crippen LogP contribution in [-0.4, -0.2) is 43.9 Å². The highest BCUT2D eigenvalue weighted by molar-refractivity contribution is 5.29. The Morgan fingerprint density at radius 3 is 2.71 bits per heavy atom. The monoisotopic (exact) mass is 300 g/mol. The molecule has 0 spiro atoms. The molecule has 1 aromatic carbocycles. The third-order valence-electron chi connectivity index (χ3n) is 3.64. The Morgan fingerprint density at radius 1 is 1.38 bits per heavy atom. The molecule has 0 saturated carbocycles. The molecule has 1 aliphatic heterocycles. The molecule has 0 aliphatic carbocycles. The minimum atomic E-state index is -2.80. The van der Waals surface area contributed by atoms with Crippen molar-refractivity contribution in [2.75, 3.05) is 26.2 Å². The van der Waals surface area contributed by atoms with Gasteiger partial charge in [0, 0.05) is 32.3 Å². The highest BCUT2D eigenvalue weighted by atomic mass is 19.3. The lowest BCUT2D eigenvalue weighted by atomic mass is 10.0. The predicted octanol–water partition coefficient (Wildman–Crippen LogP) is 2.40. The first-order valence-corrected chi connectivity index (χ1v) is 7.20. The third-order valence-corrected chi connectivity index (χ3v) is 3.64. The maximum Gasteiger partial charge on any atom is 0.387 e. The summed E-state index contributed by atoms with van der Waals surface area (Å²) in [5.41, 5.74) is 6.92. The Balaban J connectivity index is 2.08. The van der Waals surface area contributed by atoms with Crippen LogP contribution in [0.5, 0.6) is 5.75 Å². The highest BCUT2D eigenvalue weighted by Gasteiger charge is 2.23. The van der Waals surface area contributed by atoms with E-state index in [9.17, 15) is 8.78 Å². The van der Waals surface area contributed by atoms with E-state index in [0.717, 1.165) is 31.7 Å². The molecule has 4 nitrogen and oxygen atoms in total. The van der Waals surface area contributed by atoms with Crippen LogP contribution in [0, 0.1) is 0 Å². The van der Waals surface area contributed by atoms with Gasteiger partial charge < -0.3 is 15.2 Å². The van der Waals surface area contributed by atoms with Gasteiger partial charge in [-0.25, -0.2) is 0 Å². The Morgan fingerprint density at radius 2 is 2.10 bits per heavy atom. The van der Waals surface area contributed by atoms with E-state index in [2.05, 4.69) is 9.64 Å². The number of halogens is 2. The van der Waals surface area contributed by atoms with Crippen LogP contribution in [0.3, 0.4) is 0 Å². The van der Waals surface area contributed by atoms with Crippen molar-refractivity contribution in [2.45, 2.75) is 32.1 Å². The smallest absolute Gasteiger partial charge is 0.387 e. The van der Waals surface area contributed by atoms with Crippen molar-refractivity contribution in [3.05, 3.63) is 29.8 Å². The van der Waals surface area contributed by atoms with Gasteiger partial charge in [-0.1, -0.05) is 12.1 Å². The van der Waals surface area contributed by atoms with Crippen molar-refractivity contribution in [3.8, 4) is 5.75 Å². The van der Waals surface area contributed by atoms with Crippen molar-refractivity contribution in [2.24, 2.45) is 5.73 Å². The fourth-order valence-corrected chi connectivity index (χ4v) is 2.68. The largest absolute Gasteiger partial charge is 0.435 e. The van der Waals surface area contributed by atoms with Crippen LogP contribution < -0.4 is 10.5 Å². The summed E-state index contributed by atoms with van der Waals surface area (Å²) in [4.78, 5) is 2.29. The number of benzene rings is 1. The minimum absolute atomic E-state index is 0.0646. The van der Waals surface area contributed by atoms with Crippen molar-refractivity contribution >= 4 is 0 Å². The molecule has 118 valence electrons. The zero-order valence-corrected chi connectivity index (χ0v) is 12.2. The van der Waals surface area contributed by atoms with E-state index in [1.807, 2.05) is 6.92 Å². The molecule has 1 aliphatic rings. The lowest BCUT2D eigenvalue weighted by Crippen LogP contribution is -2.37. The number of hydrogen-bond acceptors (Lipinski definition) is 4. The maximum atomic E-state index is 12.2. The highest BCUT2D eigenvalue weighted by Crippen LogP contribution is 2.25. The third kappa shape index (κ3) is 4.62. The Hall–Kier alpha value is -1.24. The molecular formula is C15H22F2N2O2. The number of nitrogens with zero attached hydrogens (tertiary/aromatic N) is 1. The normalized spacial score (nSPS) is 22.0. The molecule has 1 aromatic rings. The molecule has 0 radical (unpaired) electrons. The van der Waals surface area contributed by atoms with Gasteiger partial charge in [0.15, 0.2) is 0 Å². The molecule has 6 heteroatoms. The standard InChI is InChI=1S/C15H22F2N2O2/c1-11-10-19(7-2-8-20-11)14(9-18)12-3-5-13(6-4-12)21-15(16)17/h3-6,11,14-15H,2,7-10,18H2,1H3. The maximum absolute atomic E-state index is 12.2. The first-order valence-electron chi connectivity index (χ1n) is 7.20. The fourth-order valence-electron chi connectivity index (χ4n) is 2.68. The second-order valence-corrected chi connectivity index (χ2v) is 5.23. The lowest BCUT2D eigenvalue weighted by Gasteiger charge is -2.31. The van der Waals surface area contributed by atoms with Gasteiger partial charge in [-0.05, 0) is 31.0 Å². The van der Waals surface area contributed by atoms with E-state index in [1.54, 1.807) is 24.3 Å². The molecule has 1 heterocycles. The number of ether oxygens (including phenoxy) is 2. The summed E-state index contributed by atoms with van der Waals surface area (Å²) in [5.74, 6) is 0.164. The molecule has 0 amide bonds. The SMILES string of the molecule is CC1CN(C(CN)c2ccc(OC(F)F)cc2)CCCO1. The summed E-state index contributed by atoms with van der Waals surface area (Å²) in [7, 11) is 0. The average molecular weight is 300 g/mol. The van der Waals surface area contributed by atoms with E-state index in [4.69, 9.17) is 10.5 Å². The van der Waals surface area contributed by atoms with Crippen LogP contribution in [0.15, 0.2) is 24.3 Å². The Labute approximate surface area is 123 Å². The number of alkyl halides is 2. The molecule has 0 aromatic heterocycles. The van der Waals surface area contributed by atoms with Crippen molar-refractivity contribution in [1.29, 1.82) is 0 Å². The number of rotatable bonds is 5. The topological polar surface area (TPSA) is 47.7 Å². The summed E-state index contributed by atoms with van der Waals surface area (Å²) in [5, 5.41) is 0. The second-order valence-electron chi connectivity index (χ2n) is 5.23. The Bertz CT molecular complexity index is 428. The van der Waals surface area contributed by atoms with Gasteiger partial charge in [-0.2, -0.15) is 8.78 Å². The molecule has 21 heavy (non-hydrogen) atoms. The Kier molecular flexibility index (Phi) is 5.90. The van der Waals surface area contributed by atoms with Gasteiger partial charge >= 0.3 is 6.61 Å². The van der Waals surface area contributed by atoms with Crippen molar-refractivity contribution in [1.82, 2.24) is 4.90 Å². The van der Waals surface area contributed by atoms with Crippen LogP contribution in [0.4, 0.5) is 8.78 Å². The lowest BCUT2D eigenvalue weighted by molar-refractivity contribution is -0.0498. The molecule has 0 bridgehead atoms. The molecule has 1 fully saturated rings. The minimum Gasteiger partial charge on any atom is -0.435 e. The average Bonchev–Trinajstić information content (AvgIpc) is 2.66. The van der Waals surface area contributed by atoms with Gasteiger partial charge in [0.25, 0.3) is 0 Å². The van der Waals surface area contributed by atoms with Crippen LogP contribution in [0.1, 0.15) is 24.9 Å². The molecule has 1 saturated heterocycles. The summed E-state index contributed by atoms with van der Waals surface area (Å²) in [6.45, 7) is 2.21. The second kappa shape index (κ2) is 7.68. The van der Waals surface area contributed by atoms with E-state index in [-0.39, 0.29) is 17.9 Å². The van der Waals surface area contributed by atoms with Crippen LogP contribution in [-0.2, 0) is 4.74 Å². The zero-order chi connectivity index (χ0) is 15.2. The van der Waals surface area contributed by atoms with Crippen molar-refractivity contribution < 1.29 is 18.3 Å². The molecule has 2 rings (SSSR count). The van der Waals surface area contributed by atoms with Crippen molar-refractivity contribution in [3.63, 3.8) is 0 Å². The quantitative estimate of drug-likeness (QED) is 0.907. The van der Waals surface area contributed by atoms with E-state index in [1.165, 1.54) is 0 Å². The number of nitrogens with two attached hydrogens (primary N) is 1. The molecule has 2 atom stereocenters. The molecular weight excluding hydrogens is 278 g/mol. The van der Waals surface area contributed by atoms with Gasteiger partial charge in [-0.3, -0.25) is 4.90 Å². The van der Waals surface area contributed by atoms with E-state index < -0.39 is 6.61 Å². The number of hydrogen-bond donors (Lipinski definition) is 1. The summed E-state index contributed by atoms with van der Waals surface area (Å²) < 4.78 is 34.3. The zero-order valence-electron chi connectivity index (χ0n) is 12.2. The van der Waals surface area contributed by atoms with Crippen LogP contribution in [0.25, 0.3) is 0 Å². The first-order chi connectivity index (χ1) is 10.1. The first kappa shape index (κ1) is 16.1. The fraction of sp³-hybridized carbons (Fsp3) is 0.600. The summed E-state index contributed by atoms with van der Waals surface area (Å²) in [6, 6.07) is 6.77. The molecule has 2 N–H and O–H groups in total. The summed E-state index contributed by atoms with van der Waals surface area (Å²) >= 11 is 0. The van der Waals surface area contributed by atoms with E-state index in [0.29, 0.717) is 6.54 Å². The van der Waals surface area contributed by atoms with Gasteiger partial charge in [0.1, 0.15) is 5.75 Å².